The number of aromatic nitrogens is 1. The highest BCUT2D eigenvalue weighted by Gasteiger charge is 2.32. The summed E-state index contributed by atoms with van der Waals surface area (Å²) in [4.78, 5) is 28.6. The number of cyclic esters (lactones) is 1. The number of nitrogens with one attached hydrogen (secondary N) is 1. The summed E-state index contributed by atoms with van der Waals surface area (Å²) in [5.74, 6) is 0.109. The van der Waals surface area contributed by atoms with Gasteiger partial charge in [-0.25, -0.2) is 4.79 Å². The predicted octanol–water partition coefficient (Wildman–Crippen LogP) is 1.65. The summed E-state index contributed by atoms with van der Waals surface area (Å²) in [6.45, 7) is 6.04. The lowest BCUT2D eigenvalue weighted by molar-refractivity contribution is -0.115. The largest absolute Gasteiger partial charge is 0.448 e. The first kappa shape index (κ1) is 20.1. The van der Waals surface area contributed by atoms with Crippen LogP contribution in [0.25, 0.3) is 6.08 Å². The summed E-state index contributed by atoms with van der Waals surface area (Å²) >= 11 is 0. The van der Waals surface area contributed by atoms with Crippen LogP contribution in [0.15, 0.2) is 41.3 Å². The summed E-state index contributed by atoms with van der Waals surface area (Å²) in [7, 11) is 2.01. The molecule has 5 rings (SSSR count). The lowest BCUT2D eigenvalue weighted by Crippen LogP contribution is -2.35. The van der Waals surface area contributed by atoms with Crippen molar-refractivity contribution in [1.29, 1.82) is 0 Å². The van der Waals surface area contributed by atoms with Gasteiger partial charge in [-0.1, -0.05) is 6.08 Å². The molecule has 2 saturated heterocycles. The number of nitrogens with zero attached hydrogens (tertiary/aromatic N) is 3. The fourth-order valence-corrected chi connectivity index (χ4v) is 4.67. The van der Waals surface area contributed by atoms with E-state index < -0.39 is 0 Å². The zero-order valence-corrected chi connectivity index (χ0v) is 17.8. The molecule has 1 atom stereocenters. The Bertz CT molecular complexity index is 984. The van der Waals surface area contributed by atoms with Gasteiger partial charge in [-0.15, -0.1) is 0 Å². The molecule has 4 aliphatic rings. The van der Waals surface area contributed by atoms with Gasteiger partial charge in [0, 0.05) is 56.4 Å². The Labute approximate surface area is 181 Å². The molecular formula is C23H28N4O4. The van der Waals surface area contributed by atoms with Gasteiger partial charge in [-0.2, -0.15) is 0 Å². The van der Waals surface area contributed by atoms with Gasteiger partial charge in [0.05, 0.1) is 19.8 Å². The monoisotopic (exact) mass is 424 g/mol. The molecule has 0 radical (unpaired) electrons. The maximum atomic E-state index is 12.7. The van der Waals surface area contributed by atoms with E-state index in [0.29, 0.717) is 25.3 Å². The van der Waals surface area contributed by atoms with Crippen molar-refractivity contribution in [3.8, 4) is 0 Å². The third-order valence-electron chi connectivity index (χ3n) is 6.35. The third-order valence-corrected chi connectivity index (χ3v) is 6.35. The van der Waals surface area contributed by atoms with E-state index in [1.165, 1.54) is 5.56 Å². The second-order valence-corrected chi connectivity index (χ2v) is 8.56. The first-order chi connectivity index (χ1) is 15.1. The Morgan fingerprint density at radius 2 is 2.03 bits per heavy atom. The minimum absolute atomic E-state index is 0.0631. The fraction of sp³-hybridized carbons (Fsp3) is 0.478. The van der Waals surface area contributed by atoms with Gasteiger partial charge in [-0.05, 0) is 41.7 Å². The number of hydrogen-bond donors (Lipinski definition) is 1. The van der Waals surface area contributed by atoms with E-state index >= 15 is 0 Å². The van der Waals surface area contributed by atoms with Crippen LogP contribution in [-0.2, 0) is 27.9 Å². The molecule has 1 unspecified atom stereocenters. The number of morpholine rings is 1. The maximum Gasteiger partial charge on any atom is 0.409 e. The van der Waals surface area contributed by atoms with Crippen LogP contribution in [-0.4, -0.2) is 72.4 Å². The van der Waals surface area contributed by atoms with Gasteiger partial charge < -0.3 is 24.3 Å². The number of aryl methyl sites for hydroxylation is 1. The zero-order chi connectivity index (χ0) is 21.4. The summed E-state index contributed by atoms with van der Waals surface area (Å²) in [6.07, 6.45) is 8.65. The normalized spacial score (nSPS) is 25.4. The topological polar surface area (TPSA) is 76.0 Å². The minimum atomic E-state index is -0.249. The maximum absolute atomic E-state index is 12.7. The van der Waals surface area contributed by atoms with Crippen LogP contribution in [0, 0.1) is 5.92 Å². The molecule has 2 fully saturated rings. The van der Waals surface area contributed by atoms with Crippen LogP contribution in [0.1, 0.15) is 17.7 Å². The predicted molar refractivity (Wildman–Crippen MR) is 115 cm³/mol. The Hall–Kier alpha value is -2.84. The van der Waals surface area contributed by atoms with Crippen LogP contribution < -0.4 is 5.32 Å². The van der Waals surface area contributed by atoms with Crippen LogP contribution in [0.4, 0.5) is 4.79 Å². The quantitative estimate of drug-likeness (QED) is 0.728. The van der Waals surface area contributed by atoms with Gasteiger partial charge in [0.2, 0.25) is 0 Å². The number of amides is 2. The van der Waals surface area contributed by atoms with E-state index in [1.807, 2.05) is 19.2 Å². The Morgan fingerprint density at radius 3 is 2.81 bits per heavy atom. The van der Waals surface area contributed by atoms with Crippen molar-refractivity contribution in [2.24, 2.45) is 13.0 Å². The molecule has 1 N–H and O–H groups in total. The molecule has 8 heteroatoms. The van der Waals surface area contributed by atoms with Gasteiger partial charge in [0.1, 0.15) is 6.61 Å². The lowest BCUT2D eigenvalue weighted by Gasteiger charge is -2.26. The molecule has 8 nitrogen and oxygen atoms in total. The highest BCUT2D eigenvalue weighted by Crippen LogP contribution is 2.34. The second kappa shape index (κ2) is 8.36. The van der Waals surface area contributed by atoms with Gasteiger partial charge >= 0.3 is 6.09 Å². The molecule has 0 aromatic carbocycles. The van der Waals surface area contributed by atoms with Crippen molar-refractivity contribution in [3.05, 3.63) is 52.5 Å². The molecule has 1 aliphatic carbocycles. The molecule has 1 aromatic rings. The van der Waals surface area contributed by atoms with Crippen LogP contribution in [0.2, 0.25) is 0 Å². The summed E-state index contributed by atoms with van der Waals surface area (Å²) in [5.41, 5.74) is 4.86. The first-order valence-electron chi connectivity index (χ1n) is 10.9. The SMILES string of the molecule is Cn1cc(CN2CCOCC2)cc1C=C1C(=O)NC2=C1CC(CN1CCOC1=O)C=C2. The first-order valence-corrected chi connectivity index (χ1v) is 10.9. The minimum Gasteiger partial charge on any atom is -0.448 e. The average Bonchev–Trinajstić information content (AvgIpc) is 3.41. The Kier molecular flexibility index (Phi) is 5.41. The van der Waals surface area contributed by atoms with Crippen LogP contribution in [0.5, 0.6) is 0 Å². The molecule has 3 aliphatic heterocycles. The van der Waals surface area contributed by atoms with Crippen molar-refractivity contribution in [2.45, 2.75) is 13.0 Å². The molecule has 0 spiro atoms. The van der Waals surface area contributed by atoms with E-state index in [0.717, 1.165) is 56.2 Å². The molecule has 1 aromatic heterocycles. The standard InChI is InChI=1S/C23H28N4O4/c1-25-13-17(14-26-4-7-30-8-5-26)10-18(25)12-20-19-11-16(2-3-21(19)24-22(20)28)15-27-6-9-31-23(27)29/h2-3,10,12-13,16H,4-9,11,14-15H2,1H3,(H,24,28). The second-order valence-electron chi connectivity index (χ2n) is 8.56. The molecule has 164 valence electrons. The number of carbonyl (C=O) groups excluding carboxylic acids is 2. The number of allylic oxidation sites excluding steroid dienone is 1. The number of ether oxygens (including phenoxy) is 2. The third kappa shape index (κ3) is 4.18. The Morgan fingerprint density at radius 1 is 1.19 bits per heavy atom. The van der Waals surface area contributed by atoms with E-state index in [2.05, 4.69) is 33.1 Å². The zero-order valence-electron chi connectivity index (χ0n) is 17.8. The van der Waals surface area contributed by atoms with E-state index in [9.17, 15) is 9.59 Å². The number of rotatable bonds is 5. The molecule has 4 heterocycles. The van der Waals surface area contributed by atoms with Crippen molar-refractivity contribution in [1.82, 2.24) is 19.7 Å². The van der Waals surface area contributed by atoms with E-state index in [-0.39, 0.29) is 17.9 Å². The summed E-state index contributed by atoms with van der Waals surface area (Å²) in [6, 6.07) is 2.16. The van der Waals surface area contributed by atoms with Crippen LogP contribution >= 0.6 is 0 Å². The van der Waals surface area contributed by atoms with E-state index in [4.69, 9.17) is 9.47 Å². The highest BCUT2D eigenvalue weighted by atomic mass is 16.6. The smallest absolute Gasteiger partial charge is 0.409 e. The van der Waals surface area contributed by atoms with Crippen molar-refractivity contribution < 1.29 is 19.1 Å². The van der Waals surface area contributed by atoms with Crippen molar-refractivity contribution in [2.75, 3.05) is 46.0 Å². The fourth-order valence-electron chi connectivity index (χ4n) is 4.67. The van der Waals surface area contributed by atoms with Gasteiger partial charge in [0.15, 0.2) is 0 Å². The molecular weight excluding hydrogens is 396 g/mol. The van der Waals surface area contributed by atoms with Gasteiger partial charge in [-0.3, -0.25) is 9.69 Å². The molecule has 31 heavy (non-hydrogen) atoms. The van der Waals surface area contributed by atoms with Crippen LogP contribution in [0.3, 0.4) is 0 Å². The highest BCUT2D eigenvalue weighted by molar-refractivity contribution is 6.07. The lowest BCUT2D eigenvalue weighted by atomic mass is 9.89. The number of hydrogen-bond acceptors (Lipinski definition) is 5. The molecule has 0 saturated carbocycles. The molecule has 0 bridgehead atoms. The Balaban J connectivity index is 1.32. The van der Waals surface area contributed by atoms with E-state index in [1.54, 1.807) is 4.90 Å². The van der Waals surface area contributed by atoms with Crippen molar-refractivity contribution in [3.63, 3.8) is 0 Å². The van der Waals surface area contributed by atoms with Gasteiger partial charge in [0.25, 0.3) is 5.91 Å². The molecule has 2 amide bonds. The number of carbonyl (C=O) groups is 2. The van der Waals surface area contributed by atoms with Crippen molar-refractivity contribution >= 4 is 18.1 Å². The summed E-state index contributed by atoms with van der Waals surface area (Å²) in [5, 5.41) is 2.99. The average molecular weight is 425 g/mol. The summed E-state index contributed by atoms with van der Waals surface area (Å²) < 4.78 is 12.5.